The Hall–Kier alpha value is -2.68. The van der Waals surface area contributed by atoms with E-state index in [1.54, 1.807) is 0 Å². The van der Waals surface area contributed by atoms with Gasteiger partial charge in [0.25, 0.3) is 5.91 Å². The molecule has 1 aliphatic rings. The summed E-state index contributed by atoms with van der Waals surface area (Å²) >= 11 is 0. The lowest BCUT2D eigenvalue weighted by atomic mass is 9.91. The molecule has 1 unspecified atom stereocenters. The van der Waals surface area contributed by atoms with Crippen LogP contribution in [-0.2, 0) is 0 Å². The fourth-order valence-electron chi connectivity index (χ4n) is 2.52. The summed E-state index contributed by atoms with van der Waals surface area (Å²) in [5.74, 6) is -0.0875. The number of carbonyl (C=O) groups excluding carboxylic acids is 1. The van der Waals surface area contributed by atoms with Gasteiger partial charge in [0.05, 0.1) is 11.9 Å². The second-order valence-corrected chi connectivity index (χ2v) is 5.41. The van der Waals surface area contributed by atoms with Gasteiger partial charge >= 0.3 is 0 Å². The molecule has 23 heavy (non-hydrogen) atoms. The molecule has 1 heterocycles. The van der Waals surface area contributed by atoms with E-state index in [0.29, 0.717) is 5.82 Å². The van der Waals surface area contributed by atoms with Crippen molar-refractivity contribution in [2.24, 2.45) is 17.2 Å². The second kappa shape index (κ2) is 7.54. The molecule has 9 nitrogen and oxygen atoms in total. The van der Waals surface area contributed by atoms with Gasteiger partial charge in [-0.25, -0.2) is 9.97 Å². The van der Waals surface area contributed by atoms with Crippen LogP contribution in [0.4, 0.5) is 11.6 Å². The van der Waals surface area contributed by atoms with Gasteiger partial charge in [-0.05, 0) is 12.8 Å². The van der Waals surface area contributed by atoms with Crippen molar-refractivity contribution in [3.8, 4) is 0 Å². The lowest BCUT2D eigenvalue weighted by Gasteiger charge is -2.29. The quantitative estimate of drug-likeness (QED) is 0.404. The third-order valence-corrected chi connectivity index (χ3v) is 3.76. The zero-order valence-electron chi connectivity index (χ0n) is 12.7. The molecule has 2 rings (SSSR count). The summed E-state index contributed by atoms with van der Waals surface area (Å²) in [5.41, 5.74) is 17.0. The molecule has 1 aromatic heterocycles. The number of aromatic nitrogens is 2. The van der Waals surface area contributed by atoms with E-state index >= 15 is 0 Å². The van der Waals surface area contributed by atoms with Crippen LogP contribution in [0.15, 0.2) is 18.1 Å². The van der Waals surface area contributed by atoms with Crippen LogP contribution in [0.25, 0.3) is 0 Å². The van der Waals surface area contributed by atoms with Gasteiger partial charge in [-0.2, -0.15) is 0 Å². The van der Waals surface area contributed by atoms with Crippen LogP contribution < -0.4 is 27.8 Å². The Morgan fingerprint density at radius 1 is 1.39 bits per heavy atom. The van der Waals surface area contributed by atoms with Gasteiger partial charge in [-0.1, -0.05) is 12.8 Å². The Labute approximate surface area is 134 Å². The Bertz CT molecular complexity index is 615. The fourth-order valence-corrected chi connectivity index (χ4v) is 2.52. The lowest BCUT2D eigenvalue weighted by Crippen LogP contribution is -2.42. The van der Waals surface area contributed by atoms with E-state index in [1.165, 1.54) is 12.4 Å². The number of nitrogens with zero attached hydrogens (tertiary/aromatic N) is 2. The summed E-state index contributed by atoms with van der Waals surface area (Å²) in [6.07, 6.45) is 7.80. The first kappa shape index (κ1) is 16.7. The van der Waals surface area contributed by atoms with E-state index in [-0.39, 0.29) is 29.3 Å². The van der Waals surface area contributed by atoms with Crippen molar-refractivity contribution in [2.45, 2.75) is 37.8 Å². The largest absolute Gasteiger partial charge is 0.403 e. The van der Waals surface area contributed by atoms with Crippen molar-refractivity contribution in [1.29, 1.82) is 5.41 Å². The highest BCUT2D eigenvalue weighted by Gasteiger charge is 2.22. The molecule has 1 fully saturated rings. The van der Waals surface area contributed by atoms with Crippen molar-refractivity contribution in [3.63, 3.8) is 0 Å². The molecule has 0 radical (unpaired) electrons. The van der Waals surface area contributed by atoms with Crippen molar-refractivity contribution in [3.05, 3.63) is 23.8 Å². The maximum atomic E-state index is 11.5. The van der Waals surface area contributed by atoms with Crippen LogP contribution in [-0.4, -0.2) is 34.2 Å². The van der Waals surface area contributed by atoms with Crippen molar-refractivity contribution >= 4 is 23.8 Å². The Morgan fingerprint density at radius 2 is 2.13 bits per heavy atom. The Balaban J connectivity index is 2.24. The zero-order chi connectivity index (χ0) is 16.8. The molecular weight excluding hydrogens is 296 g/mol. The Morgan fingerprint density at radius 3 is 2.74 bits per heavy atom. The van der Waals surface area contributed by atoms with Crippen LogP contribution in [0.2, 0.25) is 0 Å². The van der Waals surface area contributed by atoms with Gasteiger partial charge in [0.1, 0.15) is 5.82 Å². The molecule has 1 amide bonds. The highest BCUT2D eigenvalue weighted by molar-refractivity contribution is 5.97. The fraction of sp³-hybridized carbons (Fsp3) is 0.429. The predicted octanol–water partition coefficient (Wildman–Crippen LogP) is 0.119. The van der Waals surface area contributed by atoms with Gasteiger partial charge in [0.15, 0.2) is 11.5 Å². The summed E-state index contributed by atoms with van der Waals surface area (Å²) in [6, 6.07) is 0.163. The average Bonchev–Trinajstić information content (AvgIpc) is 2.54. The van der Waals surface area contributed by atoms with Gasteiger partial charge in [0, 0.05) is 24.5 Å². The molecule has 1 saturated carbocycles. The molecule has 0 saturated heterocycles. The monoisotopic (exact) mass is 318 g/mol. The van der Waals surface area contributed by atoms with E-state index in [2.05, 4.69) is 20.6 Å². The molecular formula is C14H22N8O. The number of allylic oxidation sites excluding steroid dienone is 1. The highest BCUT2D eigenvalue weighted by Crippen LogP contribution is 2.21. The van der Waals surface area contributed by atoms with Crippen LogP contribution in [0, 0.1) is 5.41 Å². The van der Waals surface area contributed by atoms with E-state index in [9.17, 15) is 4.79 Å². The molecule has 9 heteroatoms. The Kier molecular flexibility index (Phi) is 5.47. The minimum atomic E-state index is -0.720. The normalized spacial score (nSPS) is 21.5. The molecule has 0 spiro atoms. The van der Waals surface area contributed by atoms with Crippen molar-refractivity contribution in [1.82, 2.24) is 9.97 Å². The highest BCUT2D eigenvalue weighted by atomic mass is 16.1. The molecule has 2 atom stereocenters. The van der Waals surface area contributed by atoms with E-state index in [1.807, 2.05) is 0 Å². The SMILES string of the molecule is N=C/C(=C\N)Nc1nc(N[C@@H]2CCCCC2N)cnc1C(N)=O. The molecule has 1 aliphatic carbocycles. The van der Waals surface area contributed by atoms with Gasteiger partial charge in [-0.3, -0.25) is 4.79 Å². The minimum Gasteiger partial charge on any atom is -0.403 e. The van der Waals surface area contributed by atoms with Crippen LogP contribution in [0.1, 0.15) is 36.2 Å². The van der Waals surface area contributed by atoms with Gasteiger partial charge < -0.3 is 33.2 Å². The first-order valence-electron chi connectivity index (χ1n) is 7.43. The smallest absolute Gasteiger partial charge is 0.271 e. The minimum absolute atomic E-state index is 0.0234. The molecule has 9 N–H and O–H groups in total. The number of hydrogen-bond acceptors (Lipinski definition) is 8. The molecule has 1 aromatic rings. The van der Waals surface area contributed by atoms with E-state index < -0.39 is 5.91 Å². The molecule has 0 aliphatic heterocycles. The number of rotatable bonds is 6. The molecule has 0 aromatic carbocycles. The van der Waals surface area contributed by atoms with Crippen LogP contribution in [0.3, 0.4) is 0 Å². The first-order valence-corrected chi connectivity index (χ1v) is 7.43. The third-order valence-electron chi connectivity index (χ3n) is 3.76. The number of primary amides is 1. The molecule has 0 bridgehead atoms. The first-order chi connectivity index (χ1) is 11.0. The number of carbonyl (C=O) groups is 1. The zero-order valence-corrected chi connectivity index (χ0v) is 12.7. The summed E-state index contributed by atoms with van der Waals surface area (Å²) in [5, 5.41) is 13.3. The van der Waals surface area contributed by atoms with Gasteiger partial charge in [0.2, 0.25) is 0 Å². The van der Waals surface area contributed by atoms with Gasteiger partial charge in [-0.15, -0.1) is 0 Å². The number of amides is 1. The summed E-state index contributed by atoms with van der Waals surface area (Å²) in [6.45, 7) is 0. The predicted molar refractivity (Wildman–Crippen MR) is 89.1 cm³/mol. The van der Waals surface area contributed by atoms with E-state index in [4.69, 9.17) is 22.6 Å². The number of nitrogens with one attached hydrogen (secondary N) is 3. The number of anilines is 2. The second-order valence-electron chi connectivity index (χ2n) is 5.41. The third kappa shape index (κ3) is 4.16. The summed E-state index contributed by atoms with van der Waals surface area (Å²) in [4.78, 5) is 19.8. The maximum absolute atomic E-state index is 11.5. The topological polar surface area (TPSA) is 169 Å². The number of hydrogen-bond donors (Lipinski definition) is 6. The maximum Gasteiger partial charge on any atom is 0.271 e. The molecule has 124 valence electrons. The van der Waals surface area contributed by atoms with E-state index in [0.717, 1.165) is 31.9 Å². The summed E-state index contributed by atoms with van der Waals surface area (Å²) in [7, 11) is 0. The van der Waals surface area contributed by atoms with Crippen LogP contribution >= 0.6 is 0 Å². The summed E-state index contributed by atoms with van der Waals surface area (Å²) < 4.78 is 0. The van der Waals surface area contributed by atoms with Crippen molar-refractivity contribution < 1.29 is 4.79 Å². The average molecular weight is 318 g/mol. The standard InChI is InChI=1S/C14H22N8O/c15-5-8(6-16)20-14-12(13(18)23)19-7-11(22-14)21-10-4-2-1-3-9(10)17/h5-7,9-10,15H,1-4,16-17H2,(H2,18,23)(H2,20,21,22)/b8-6+,15-5?/t9?,10-/m1/s1. The van der Waals surface area contributed by atoms with Crippen molar-refractivity contribution in [2.75, 3.05) is 10.6 Å². The number of nitrogens with two attached hydrogens (primary N) is 3. The van der Waals surface area contributed by atoms with Crippen LogP contribution in [0.5, 0.6) is 0 Å². The lowest BCUT2D eigenvalue weighted by molar-refractivity contribution is 0.0996.